The topological polar surface area (TPSA) is 105 Å². The minimum Gasteiger partial charge on any atom is -0.481 e. The van der Waals surface area contributed by atoms with Crippen molar-refractivity contribution in [2.45, 2.75) is 25.2 Å². The number of rotatable bonds is 3. The van der Waals surface area contributed by atoms with E-state index < -0.39 is 17.4 Å². The number of hydrogen-bond acceptors (Lipinski definition) is 3. The lowest BCUT2D eigenvalue weighted by atomic mass is 9.73. The van der Waals surface area contributed by atoms with Crippen molar-refractivity contribution in [2.75, 3.05) is 0 Å². The van der Waals surface area contributed by atoms with Gasteiger partial charge in [0.25, 0.3) is 0 Å². The number of carbonyl (C=O) groups is 2. The van der Waals surface area contributed by atoms with Crippen LogP contribution in [0.2, 0.25) is 0 Å². The van der Waals surface area contributed by atoms with Crippen molar-refractivity contribution < 1.29 is 14.7 Å². The maximum atomic E-state index is 11.9. The maximum absolute atomic E-state index is 11.9. The first-order valence-corrected chi connectivity index (χ1v) is 6.39. The Morgan fingerprint density at radius 1 is 1.40 bits per heavy atom. The van der Waals surface area contributed by atoms with Crippen LogP contribution >= 0.6 is 0 Å². The molecule has 0 heterocycles. The van der Waals surface area contributed by atoms with Gasteiger partial charge in [0.05, 0.1) is 0 Å². The molecular formula is C14H17N3O3. The number of hydrazone groups is 1. The third kappa shape index (κ3) is 2.24. The van der Waals surface area contributed by atoms with E-state index in [0.29, 0.717) is 18.6 Å². The summed E-state index contributed by atoms with van der Waals surface area (Å²) in [7, 11) is 0. The van der Waals surface area contributed by atoms with Crippen LogP contribution in [0.25, 0.3) is 0 Å². The molecule has 2 amide bonds. The number of urea groups is 1. The second-order valence-electron chi connectivity index (χ2n) is 4.94. The van der Waals surface area contributed by atoms with Gasteiger partial charge in [0.2, 0.25) is 0 Å². The van der Waals surface area contributed by atoms with Crippen molar-refractivity contribution in [1.82, 2.24) is 5.43 Å². The van der Waals surface area contributed by atoms with Gasteiger partial charge in [0, 0.05) is 11.6 Å². The summed E-state index contributed by atoms with van der Waals surface area (Å²) in [5, 5.41) is 13.7. The van der Waals surface area contributed by atoms with E-state index in [1.54, 1.807) is 0 Å². The molecule has 0 spiro atoms. The quantitative estimate of drug-likeness (QED) is 0.727. The van der Waals surface area contributed by atoms with E-state index in [1.807, 2.05) is 37.3 Å². The van der Waals surface area contributed by atoms with E-state index in [4.69, 9.17) is 5.73 Å². The van der Waals surface area contributed by atoms with Gasteiger partial charge in [-0.25, -0.2) is 10.2 Å². The Bertz CT molecular complexity index is 556. The first-order chi connectivity index (χ1) is 9.48. The molecule has 0 bridgehead atoms. The molecule has 0 unspecified atom stereocenters. The molecule has 6 heteroatoms. The second kappa shape index (κ2) is 5.32. The molecular weight excluding hydrogens is 258 g/mol. The van der Waals surface area contributed by atoms with Crippen LogP contribution in [0, 0.1) is 5.92 Å². The minimum atomic E-state index is -1.00. The third-order valence-electron chi connectivity index (χ3n) is 3.99. The molecule has 2 rings (SSSR count). The van der Waals surface area contributed by atoms with Crippen LogP contribution in [-0.2, 0) is 10.2 Å². The van der Waals surface area contributed by atoms with Crippen LogP contribution in [0.1, 0.15) is 25.3 Å². The highest BCUT2D eigenvalue weighted by atomic mass is 16.4. The largest absolute Gasteiger partial charge is 0.481 e. The molecule has 1 aromatic carbocycles. The van der Waals surface area contributed by atoms with Gasteiger partial charge in [-0.05, 0) is 18.4 Å². The van der Waals surface area contributed by atoms with E-state index in [1.165, 1.54) is 0 Å². The van der Waals surface area contributed by atoms with Gasteiger partial charge in [-0.1, -0.05) is 37.3 Å². The summed E-state index contributed by atoms with van der Waals surface area (Å²) in [6.45, 7) is 1.82. The van der Waals surface area contributed by atoms with Gasteiger partial charge in [-0.2, -0.15) is 5.10 Å². The molecule has 1 fully saturated rings. The maximum Gasteiger partial charge on any atom is 0.332 e. The summed E-state index contributed by atoms with van der Waals surface area (Å²) in [6, 6.07) is 8.37. The summed E-state index contributed by atoms with van der Waals surface area (Å²) in [6.07, 6.45) is 0.968. The van der Waals surface area contributed by atoms with Gasteiger partial charge in [-0.3, -0.25) is 4.79 Å². The van der Waals surface area contributed by atoms with Crippen molar-refractivity contribution in [3.05, 3.63) is 35.9 Å². The van der Waals surface area contributed by atoms with Gasteiger partial charge in [0.15, 0.2) is 0 Å². The SMILES string of the molecule is C[C@@H]1/C(=N\NC(N)=O)CC[C@@]1(C(=O)O)c1ccccc1. The molecule has 6 nitrogen and oxygen atoms in total. The number of nitrogens with two attached hydrogens (primary N) is 1. The van der Waals surface area contributed by atoms with Crippen LogP contribution in [0.5, 0.6) is 0 Å². The fraction of sp³-hybridized carbons (Fsp3) is 0.357. The fourth-order valence-electron chi connectivity index (χ4n) is 2.87. The zero-order valence-corrected chi connectivity index (χ0v) is 11.2. The lowest BCUT2D eigenvalue weighted by molar-refractivity contribution is -0.144. The van der Waals surface area contributed by atoms with Crippen molar-refractivity contribution in [3.8, 4) is 0 Å². The zero-order chi connectivity index (χ0) is 14.8. The van der Waals surface area contributed by atoms with E-state index in [9.17, 15) is 14.7 Å². The molecule has 1 aliphatic rings. The van der Waals surface area contributed by atoms with Crippen molar-refractivity contribution >= 4 is 17.7 Å². The molecule has 20 heavy (non-hydrogen) atoms. The average Bonchev–Trinajstić information content (AvgIpc) is 2.75. The Morgan fingerprint density at radius 3 is 2.60 bits per heavy atom. The second-order valence-corrected chi connectivity index (χ2v) is 4.94. The van der Waals surface area contributed by atoms with Crippen LogP contribution in [-0.4, -0.2) is 22.8 Å². The molecule has 1 aliphatic carbocycles. The van der Waals surface area contributed by atoms with E-state index in [2.05, 4.69) is 10.5 Å². The monoisotopic (exact) mass is 275 g/mol. The number of carbonyl (C=O) groups excluding carboxylic acids is 1. The predicted octanol–water partition coefficient (Wildman–Crippen LogP) is 1.46. The number of hydrogen-bond donors (Lipinski definition) is 3. The number of amides is 2. The Kier molecular flexibility index (Phi) is 3.74. The minimum absolute atomic E-state index is 0.311. The number of primary amides is 1. The zero-order valence-electron chi connectivity index (χ0n) is 11.2. The Balaban J connectivity index is 2.39. The number of nitrogens with zero attached hydrogens (tertiary/aromatic N) is 1. The third-order valence-corrected chi connectivity index (χ3v) is 3.99. The number of carboxylic acids is 1. The molecule has 106 valence electrons. The van der Waals surface area contributed by atoms with Gasteiger partial charge >= 0.3 is 12.0 Å². The molecule has 0 saturated heterocycles. The van der Waals surface area contributed by atoms with Gasteiger partial charge < -0.3 is 10.8 Å². The summed E-state index contributed by atoms with van der Waals surface area (Å²) in [5.41, 5.74) is 7.56. The van der Waals surface area contributed by atoms with E-state index in [-0.39, 0.29) is 5.92 Å². The van der Waals surface area contributed by atoms with E-state index in [0.717, 1.165) is 5.56 Å². The smallest absolute Gasteiger partial charge is 0.332 e. The molecule has 4 N–H and O–H groups in total. The Morgan fingerprint density at radius 2 is 2.05 bits per heavy atom. The standard InChI is InChI=1S/C14H17N3O3/c1-9-11(16-17-13(15)20)7-8-14(9,12(18)19)10-5-3-2-4-6-10/h2-6,9H,7-8H2,1H3,(H,18,19)(H3,15,17,20)/b16-11-/t9-,14+/m1/s1. The van der Waals surface area contributed by atoms with Crippen LogP contribution in [0.4, 0.5) is 4.79 Å². The summed E-state index contributed by atoms with van der Waals surface area (Å²) in [5.74, 6) is -1.19. The molecule has 0 aliphatic heterocycles. The van der Waals surface area contributed by atoms with Crippen LogP contribution in [0.15, 0.2) is 35.4 Å². The van der Waals surface area contributed by atoms with Gasteiger partial charge in [-0.15, -0.1) is 0 Å². The fourth-order valence-corrected chi connectivity index (χ4v) is 2.87. The first kappa shape index (κ1) is 14.0. The number of carboxylic acid groups (broad SMARTS) is 1. The lowest BCUT2D eigenvalue weighted by Crippen LogP contribution is -2.40. The summed E-state index contributed by atoms with van der Waals surface area (Å²) < 4.78 is 0. The van der Waals surface area contributed by atoms with Crippen LogP contribution in [0.3, 0.4) is 0 Å². The predicted molar refractivity (Wildman–Crippen MR) is 74.3 cm³/mol. The van der Waals surface area contributed by atoms with Gasteiger partial charge in [0.1, 0.15) is 5.41 Å². The number of aliphatic carboxylic acids is 1. The Labute approximate surface area is 116 Å². The highest BCUT2D eigenvalue weighted by molar-refractivity contribution is 5.99. The average molecular weight is 275 g/mol. The van der Waals surface area contributed by atoms with Crippen molar-refractivity contribution in [3.63, 3.8) is 0 Å². The molecule has 0 radical (unpaired) electrons. The summed E-state index contributed by atoms with van der Waals surface area (Å²) in [4.78, 5) is 22.6. The Hall–Kier alpha value is -2.37. The highest BCUT2D eigenvalue weighted by Crippen LogP contribution is 2.44. The molecule has 1 saturated carbocycles. The summed E-state index contributed by atoms with van der Waals surface area (Å²) >= 11 is 0. The van der Waals surface area contributed by atoms with E-state index >= 15 is 0 Å². The first-order valence-electron chi connectivity index (χ1n) is 6.39. The lowest BCUT2D eigenvalue weighted by Gasteiger charge is -2.29. The van der Waals surface area contributed by atoms with Crippen molar-refractivity contribution in [1.29, 1.82) is 0 Å². The normalized spacial score (nSPS) is 27.4. The van der Waals surface area contributed by atoms with Crippen molar-refractivity contribution in [2.24, 2.45) is 16.8 Å². The van der Waals surface area contributed by atoms with Crippen LogP contribution < -0.4 is 11.2 Å². The number of nitrogens with one attached hydrogen (secondary N) is 1. The highest BCUT2D eigenvalue weighted by Gasteiger charge is 2.51. The number of benzene rings is 1. The molecule has 2 atom stereocenters. The molecule has 1 aromatic rings. The molecule has 0 aromatic heterocycles.